The largest absolute Gasteiger partial charge is 0.390 e. The van der Waals surface area contributed by atoms with Crippen LogP contribution in [0.5, 0.6) is 0 Å². The first-order valence-electron chi connectivity index (χ1n) is 6.85. The van der Waals surface area contributed by atoms with Crippen LogP contribution in [0, 0.1) is 5.92 Å². The molecule has 0 heterocycles. The van der Waals surface area contributed by atoms with E-state index in [-0.39, 0.29) is 5.60 Å². The monoisotopic (exact) mass is 212 g/mol. The van der Waals surface area contributed by atoms with Gasteiger partial charge < -0.3 is 5.11 Å². The summed E-state index contributed by atoms with van der Waals surface area (Å²) in [5, 5.41) is 10.3. The maximum absolute atomic E-state index is 10.3. The van der Waals surface area contributed by atoms with Gasteiger partial charge in [0, 0.05) is 0 Å². The summed E-state index contributed by atoms with van der Waals surface area (Å²) in [6.07, 6.45) is 12.2. The Morgan fingerprint density at radius 2 is 1.67 bits per heavy atom. The molecule has 1 saturated carbocycles. The fraction of sp³-hybridized carbons (Fsp3) is 1.00. The summed E-state index contributed by atoms with van der Waals surface area (Å²) in [7, 11) is 0. The van der Waals surface area contributed by atoms with Gasteiger partial charge in [-0.25, -0.2) is 0 Å². The zero-order chi connectivity index (χ0) is 11.1. The van der Waals surface area contributed by atoms with Crippen LogP contribution >= 0.6 is 0 Å². The van der Waals surface area contributed by atoms with Crippen LogP contribution in [0.25, 0.3) is 0 Å². The summed E-state index contributed by atoms with van der Waals surface area (Å²) in [6.45, 7) is 4.57. The van der Waals surface area contributed by atoms with E-state index in [4.69, 9.17) is 0 Å². The Hall–Kier alpha value is -0.0400. The molecule has 0 bridgehead atoms. The third kappa shape index (κ3) is 5.55. The van der Waals surface area contributed by atoms with Crippen molar-refractivity contribution in [2.24, 2.45) is 5.92 Å². The first-order chi connectivity index (χ1) is 7.12. The van der Waals surface area contributed by atoms with Gasteiger partial charge in [0.2, 0.25) is 0 Å². The van der Waals surface area contributed by atoms with E-state index in [9.17, 15) is 5.11 Å². The van der Waals surface area contributed by atoms with E-state index in [2.05, 4.69) is 13.8 Å². The normalized spacial score (nSPS) is 20.8. The van der Waals surface area contributed by atoms with Gasteiger partial charge in [0.25, 0.3) is 0 Å². The summed E-state index contributed by atoms with van der Waals surface area (Å²) in [4.78, 5) is 0. The summed E-state index contributed by atoms with van der Waals surface area (Å²) >= 11 is 0. The molecular weight excluding hydrogens is 184 g/mol. The Bertz CT molecular complexity index is 157. The Morgan fingerprint density at radius 1 is 1.00 bits per heavy atom. The van der Waals surface area contributed by atoms with Crippen molar-refractivity contribution in [3.05, 3.63) is 0 Å². The second-order valence-corrected chi connectivity index (χ2v) is 5.78. The lowest BCUT2D eigenvalue weighted by atomic mass is 9.81. The molecule has 0 aromatic carbocycles. The SMILES string of the molecule is CC(C)CCCCCC1(O)CCCCC1. The van der Waals surface area contributed by atoms with Gasteiger partial charge in [0.1, 0.15) is 0 Å². The number of rotatable bonds is 6. The van der Waals surface area contributed by atoms with E-state index < -0.39 is 0 Å². The van der Waals surface area contributed by atoms with Crippen LogP contribution < -0.4 is 0 Å². The highest BCUT2D eigenvalue weighted by Gasteiger charge is 2.27. The van der Waals surface area contributed by atoms with Crippen molar-refractivity contribution in [3.63, 3.8) is 0 Å². The van der Waals surface area contributed by atoms with Crippen molar-refractivity contribution in [2.75, 3.05) is 0 Å². The van der Waals surface area contributed by atoms with Gasteiger partial charge in [-0.15, -0.1) is 0 Å². The molecule has 0 saturated heterocycles. The average molecular weight is 212 g/mol. The fourth-order valence-corrected chi connectivity index (χ4v) is 2.64. The summed E-state index contributed by atoms with van der Waals surface area (Å²) < 4.78 is 0. The minimum absolute atomic E-state index is 0.282. The van der Waals surface area contributed by atoms with Gasteiger partial charge in [-0.2, -0.15) is 0 Å². The van der Waals surface area contributed by atoms with Crippen molar-refractivity contribution in [3.8, 4) is 0 Å². The van der Waals surface area contributed by atoms with Gasteiger partial charge in [0.15, 0.2) is 0 Å². The van der Waals surface area contributed by atoms with Crippen LogP contribution in [-0.4, -0.2) is 10.7 Å². The van der Waals surface area contributed by atoms with E-state index >= 15 is 0 Å². The number of hydrogen-bond acceptors (Lipinski definition) is 1. The molecule has 1 rings (SSSR count). The van der Waals surface area contributed by atoms with Crippen molar-refractivity contribution < 1.29 is 5.11 Å². The molecule has 1 aliphatic carbocycles. The fourth-order valence-electron chi connectivity index (χ4n) is 2.64. The van der Waals surface area contributed by atoms with E-state index in [1.165, 1.54) is 44.9 Å². The Morgan fingerprint density at radius 3 is 2.27 bits per heavy atom. The topological polar surface area (TPSA) is 20.2 Å². The summed E-state index contributed by atoms with van der Waals surface area (Å²) in [5.41, 5.74) is -0.282. The van der Waals surface area contributed by atoms with E-state index in [1.807, 2.05) is 0 Å². The molecule has 0 amide bonds. The van der Waals surface area contributed by atoms with Crippen molar-refractivity contribution in [1.82, 2.24) is 0 Å². The van der Waals surface area contributed by atoms with Crippen molar-refractivity contribution in [2.45, 2.75) is 83.7 Å². The van der Waals surface area contributed by atoms with E-state index in [0.29, 0.717) is 0 Å². The number of unbranched alkanes of at least 4 members (excludes halogenated alkanes) is 2. The third-order valence-corrected chi connectivity index (χ3v) is 3.71. The second kappa shape index (κ2) is 6.52. The molecule has 0 unspecified atom stereocenters. The van der Waals surface area contributed by atoms with E-state index in [0.717, 1.165) is 25.2 Å². The molecule has 0 radical (unpaired) electrons. The lowest BCUT2D eigenvalue weighted by Crippen LogP contribution is -2.30. The molecule has 1 fully saturated rings. The van der Waals surface area contributed by atoms with Crippen molar-refractivity contribution in [1.29, 1.82) is 0 Å². The third-order valence-electron chi connectivity index (χ3n) is 3.71. The minimum atomic E-state index is -0.282. The molecule has 1 N–H and O–H groups in total. The number of hydrogen-bond donors (Lipinski definition) is 1. The first kappa shape index (κ1) is 13.0. The van der Waals surface area contributed by atoms with Gasteiger partial charge in [0.05, 0.1) is 5.60 Å². The zero-order valence-electron chi connectivity index (χ0n) is 10.6. The average Bonchev–Trinajstić information content (AvgIpc) is 2.17. The van der Waals surface area contributed by atoms with Gasteiger partial charge in [-0.1, -0.05) is 58.8 Å². The van der Waals surface area contributed by atoms with Crippen molar-refractivity contribution >= 4 is 0 Å². The lowest BCUT2D eigenvalue weighted by molar-refractivity contribution is -0.00590. The molecule has 1 heteroatoms. The van der Waals surface area contributed by atoms with Gasteiger partial charge in [-0.05, 0) is 25.2 Å². The molecular formula is C14H28O. The molecule has 0 aliphatic heterocycles. The maximum Gasteiger partial charge on any atom is 0.0647 e. The smallest absolute Gasteiger partial charge is 0.0647 e. The minimum Gasteiger partial charge on any atom is -0.390 e. The molecule has 0 aromatic rings. The highest BCUT2D eigenvalue weighted by molar-refractivity contribution is 4.81. The Balaban J connectivity index is 2.03. The molecule has 15 heavy (non-hydrogen) atoms. The molecule has 0 spiro atoms. The van der Waals surface area contributed by atoms with Crippen LogP contribution in [0.3, 0.4) is 0 Å². The maximum atomic E-state index is 10.3. The van der Waals surface area contributed by atoms with Crippen LogP contribution in [0.4, 0.5) is 0 Å². The highest BCUT2D eigenvalue weighted by Crippen LogP contribution is 2.32. The van der Waals surface area contributed by atoms with Crippen LogP contribution in [-0.2, 0) is 0 Å². The van der Waals surface area contributed by atoms with Crippen LogP contribution in [0.2, 0.25) is 0 Å². The standard InChI is InChI=1S/C14H28O/c1-13(2)9-5-3-6-10-14(15)11-7-4-8-12-14/h13,15H,3-12H2,1-2H3. The molecule has 1 nitrogen and oxygen atoms in total. The predicted octanol–water partition coefficient (Wildman–Crippen LogP) is 4.29. The molecule has 0 aromatic heterocycles. The van der Waals surface area contributed by atoms with Gasteiger partial charge >= 0.3 is 0 Å². The second-order valence-electron chi connectivity index (χ2n) is 5.78. The lowest BCUT2D eigenvalue weighted by Gasteiger charge is -2.32. The molecule has 0 atom stereocenters. The summed E-state index contributed by atoms with van der Waals surface area (Å²) in [6, 6.07) is 0. The predicted molar refractivity (Wildman–Crippen MR) is 66.0 cm³/mol. The Labute approximate surface area is 95.3 Å². The van der Waals surface area contributed by atoms with Gasteiger partial charge in [-0.3, -0.25) is 0 Å². The van der Waals surface area contributed by atoms with Crippen LogP contribution in [0.1, 0.15) is 78.1 Å². The highest BCUT2D eigenvalue weighted by atomic mass is 16.3. The van der Waals surface area contributed by atoms with Crippen LogP contribution in [0.15, 0.2) is 0 Å². The quantitative estimate of drug-likeness (QED) is 0.651. The summed E-state index contributed by atoms with van der Waals surface area (Å²) in [5.74, 6) is 0.836. The first-order valence-corrected chi connectivity index (χ1v) is 6.85. The molecule has 90 valence electrons. The Kier molecular flexibility index (Phi) is 5.66. The van der Waals surface area contributed by atoms with E-state index in [1.54, 1.807) is 0 Å². The zero-order valence-corrected chi connectivity index (χ0v) is 10.6. The molecule has 1 aliphatic rings. The number of aliphatic hydroxyl groups is 1.